The van der Waals surface area contributed by atoms with Crippen LogP contribution >= 0.6 is 47.8 Å². The number of halogens is 3. The van der Waals surface area contributed by atoms with Gasteiger partial charge in [-0.2, -0.15) is 0 Å². The molecule has 128 valence electrons. The highest BCUT2D eigenvalue weighted by Gasteiger charge is 2.07. The Morgan fingerprint density at radius 2 is 1.48 bits per heavy atom. The molecule has 0 fully saturated rings. The first-order valence-electron chi connectivity index (χ1n) is 6.76. The van der Waals surface area contributed by atoms with Gasteiger partial charge in [0.25, 0.3) is 0 Å². The normalized spacial score (nSPS) is 10.4. The fraction of sp³-hybridized carbons (Fsp3) is 0.400. The molecular formula is C15H17Br3O5. The van der Waals surface area contributed by atoms with Gasteiger partial charge in [0, 0.05) is 10.5 Å². The van der Waals surface area contributed by atoms with E-state index in [-0.39, 0.29) is 6.61 Å². The van der Waals surface area contributed by atoms with Gasteiger partial charge in [0.05, 0.1) is 35.4 Å². The lowest BCUT2D eigenvalue weighted by atomic mass is 10.3. The Hall–Kier alpha value is -0.410. The summed E-state index contributed by atoms with van der Waals surface area (Å²) >= 11 is 10.3. The van der Waals surface area contributed by atoms with Crippen molar-refractivity contribution in [1.82, 2.24) is 0 Å². The molecule has 5 nitrogen and oxygen atoms in total. The van der Waals surface area contributed by atoms with Crippen molar-refractivity contribution in [2.75, 3.05) is 39.6 Å². The fourth-order valence-electron chi connectivity index (χ4n) is 1.45. The SMILES string of the molecule is C=CC(=O)OCCOCCOCCOc1c(Br)cc(Br)cc1Br. The summed E-state index contributed by atoms with van der Waals surface area (Å²) in [5, 5.41) is 0. The van der Waals surface area contributed by atoms with E-state index in [0.29, 0.717) is 33.0 Å². The summed E-state index contributed by atoms with van der Waals surface area (Å²) < 4.78 is 23.7. The lowest BCUT2D eigenvalue weighted by Gasteiger charge is -2.11. The zero-order chi connectivity index (χ0) is 17.1. The van der Waals surface area contributed by atoms with E-state index < -0.39 is 5.97 Å². The van der Waals surface area contributed by atoms with Gasteiger partial charge in [0.2, 0.25) is 0 Å². The maximum Gasteiger partial charge on any atom is 0.330 e. The van der Waals surface area contributed by atoms with Crippen molar-refractivity contribution in [2.45, 2.75) is 0 Å². The molecule has 1 aromatic rings. The molecule has 0 radical (unpaired) electrons. The van der Waals surface area contributed by atoms with Crippen molar-refractivity contribution in [1.29, 1.82) is 0 Å². The predicted molar refractivity (Wildman–Crippen MR) is 97.8 cm³/mol. The molecule has 1 aromatic carbocycles. The van der Waals surface area contributed by atoms with E-state index in [1.54, 1.807) is 0 Å². The summed E-state index contributed by atoms with van der Waals surface area (Å²) in [6.07, 6.45) is 1.12. The summed E-state index contributed by atoms with van der Waals surface area (Å²) in [6, 6.07) is 3.82. The molecule has 0 atom stereocenters. The molecular weight excluding hydrogens is 500 g/mol. The van der Waals surface area contributed by atoms with Crippen LogP contribution in [0.3, 0.4) is 0 Å². The van der Waals surface area contributed by atoms with Gasteiger partial charge in [-0.25, -0.2) is 4.79 Å². The molecule has 0 saturated carbocycles. The van der Waals surface area contributed by atoms with E-state index in [1.165, 1.54) is 0 Å². The molecule has 0 bridgehead atoms. The number of rotatable bonds is 11. The smallest absolute Gasteiger partial charge is 0.330 e. The first kappa shape index (κ1) is 20.6. The molecule has 0 aliphatic carbocycles. The highest BCUT2D eigenvalue weighted by molar-refractivity contribution is 9.11. The summed E-state index contributed by atoms with van der Waals surface area (Å²) in [4.78, 5) is 10.8. The third-order valence-corrected chi connectivity index (χ3v) is 4.08. The van der Waals surface area contributed by atoms with Crippen LogP contribution in [-0.4, -0.2) is 45.6 Å². The predicted octanol–water partition coefficient (Wildman–Crippen LogP) is 4.12. The van der Waals surface area contributed by atoms with Crippen LogP contribution in [0.2, 0.25) is 0 Å². The molecule has 23 heavy (non-hydrogen) atoms. The lowest BCUT2D eigenvalue weighted by Crippen LogP contribution is -2.13. The first-order chi connectivity index (χ1) is 11.0. The van der Waals surface area contributed by atoms with Gasteiger partial charge in [-0.1, -0.05) is 22.5 Å². The standard InChI is InChI=1S/C15H17Br3O5/c1-2-14(19)22-7-5-20-3-4-21-6-8-23-15-12(17)9-11(16)10-13(15)18/h2,9-10H,1,3-8H2. The van der Waals surface area contributed by atoms with Gasteiger partial charge in [-0.3, -0.25) is 0 Å². The Morgan fingerprint density at radius 1 is 0.957 bits per heavy atom. The van der Waals surface area contributed by atoms with Gasteiger partial charge in [-0.15, -0.1) is 0 Å². The van der Waals surface area contributed by atoms with Crippen molar-refractivity contribution < 1.29 is 23.7 Å². The molecule has 0 unspecified atom stereocenters. The van der Waals surface area contributed by atoms with E-state index in [9.17, 15) is 4.79 Å². The molecule has 0 amide bonds. The average molecular weight is 517 g/mol. The quantitative estimate of drug-likeness (QED) is 0.252. The van der Waals surface area contributed by atoms with Crippen molar-refractivity contribution in [3.8, 4) is 5.75 Å². The van der Waals surface area contributed by atoms with Crippen LogP contribution in [-0.2, 0) is 19.0 Å². The van der Waals surface area contributed by atoms with Gasteiger partial charge in [-0.05, 0) is 44.0 Å². The molecule has 8 heteroatoms. The van der Waals surface area contributed by atoms with Crippen LogP contribution in [0.1, 0.15) is 0 Å². The Kier molecular flexibility index (Phi) is 10.8. The van der Waals surface area contributed by atoms with E-state index >= 15 is 0 Å². The molecule has 0 saturated heterocycles. The van der Waals surface area contributed by atoms with Crippen LogP contribution in [0.4, 0.5) is 0 Å². The van der Waals surface area contributed by atoms with Crippen molar-refractivity contribution >= 4 is 53.8 Å². The van der Waals surface area contributed by atoms with E-state index in [4.69, 9.17) is 18.9 Å². The van der Waals surface area contributed by atoms with Crippen LogP contribution in [0.25, 0.3) is 0 Å². The monoisotopic (exact) mass is 514 g/mol. The van der Waals surface area contributed by atoms with Crippen LogP contribution in [0.5, 0.6) is 5.75 Å². The Labute approximate surface area is 160 Å². The molecule has 0 spiro atoms. The molecule has 0 N–H and O–H groups in total. The number of hydrogen-bond donors (Lipinski definition) is 0. The van der Waals surface area contributed by atoms with Crippen LogP contribution in [0, 0.1) is 0 Å². The molecule has 0 heterocycles. The minimum Gasteiger partial charge on any atom is -0.489 e. The summed E-state index contributed by atoms with van der Waals surface area (Å²) in [5.74, 6) is 0.282. The average Bonchev–Trinajstić information content (AvgIpc) is 2.50. The summed E-state index contributed by atoms with van der Waals surface area (Å²) in [6.45, 7) is 5.59. The second-order valence-corrected chi connectivity index (χ2v) is 6.77. The summed E-state index contributed by atoms with van der Waals surface area (Å²) in [7, 11) is 0. The van der Waals surface area contributed by atoms with Gasteiger partial charge in [0.15, 0.2) is 0 Å². The van der Waals surface area contributed by atoms with E-state index in [1.807, 2.05) is 12.1 Å². The minimum absolute atomic E-state index is 0.208. The third kappa shape index (κ3) is 8.85. The van der Waals surface area contributed by atoms with Crippen LogP contribution < -0.4 is 4.74 Å². The highest BCUT2D eigenvalue weighted by Crippen LogP contribution is 2.36. The Morgan fingerprint density at radius 3 is 2.04 bits per heavy atom. The zero-order valence-electron chi connectivity index (χ0n) is 12.4. The Bertz CT molecular complexity index is 499. The van der Waals surface area contributed by atoms with E-state index in [2.05, 4.69) is 54.4 Å². The van der Waals surface area contributed by atoms with E-state index in [0.717, 1.165) is 25.2 Å². The van der Waals surface area contributed by atoms with Gasteiger partial charge >= 0.3 is 5.97 Å². The number of carbonyl (C=O) groups excluding carboxylic acids is 1. The number of hydrogen-bond acceptors (Lipinski definition) is 5. The fourth-order valence-corrected chi connectivity index (χ4v) is 3.94. The van der Waals surface area contributed by atoms with Gasteiger partial charge < -0.3 is 18.9 Å². The number of carbonyl (C=O) groups is 1. The maximum absolute atomic E-state index is 10.8. The molecule has 0 aliphatic heterocycles. The number of benzene rings is 1. The second kappa shape index (κ2) is 12.0. The van der Waals surface area contributed by atoms with Crippen LogP contribution in [0.15, 0.2) is 38.2 Å². The second-order valence-electron chi connectivity index (χ2n) is 4.14. The van der Waals surface area contributed by atoms with Crippen molar-refractivity contribution in [3.63, 3.8) is 0 Å². The first-order valence-corrected chi connectivity index (χ1v) is 9.14. The number of ether oxygens (including phenoxy) is 4. The lowest BCUT2D eigenvalue weighted by molar-refractivity contribution is -0.139. The van der Waals surface area contributed by atoms with Gasteiger partial charge in [0.1, 0.15) is 19.0 Å². The molecule has 0 aromatic heterocycles. The molecule has 1 rings (SSSR count). The maximum atomic E-state index is 10.8. The summed E-state index contributed by atoms with van der Waals surface area (Å²) in [5.41, 5.74) is 0. The molecule has 0 aliphatic rings. The zero-order valence-corrected chi connectivity index (χ0v) is 17.1. The Balaban J connectivity index is 2.04. The van der Waals surface area contributed by atoms with Crippen molar-refractivity contribution in [3.05, 3.63) is 38.2 Å². The highest BCUT2D eigenvalue weighted by atomic mass is 79.9. The largest absolute Gasteiger partial charge is 0.489 e. The third-order valence-electron chi connectivity index (χ3n) is 2.45. The topological polar surface area (TPSA) is 54.0 Å². The minimum atomic E-state index is -0.452. The van der Waals surface area contributed by atoms with Crippen molar-refractivity contribution in [2.24, 2.45) is 0 Å². The number of esters is 1.